The summed E-state index contributed by atoms with van der Waals surface area (Å²) < 4.78 is 0. The van der Waals surface area contributed by atoms with Gasteiger partial charge in [0.05, 0.1) is 0 Å². The highest BCUT2D eigenvalue weighted by atomic mass is 35.5. The molecule has 0 heterocycles. The zero-order valence-corrected chi connectivity index (χ0v) is 8.39. The van der Waals surface area contributed by atoms with Crippen molar-refractivity contribution < 1.29 is 0 Å². The van der Waals surface area contributed by atoms with Crippen molar-refractivity contribution in [1.29, 1.82) is 0 Å². The minimum Gasteiger partial charge on any atom is -0.318 e. The summed E-state index contributed by atoms with van der Waals surface area (Å²) in [6, 6.07) is 0. The second-order valence-corrected chi connectivity index (χ2v) is 3.24. The molecule has 0 rings (SSSR count). The van der Waals surface area contributed by atoms with E-state index in [1.54, 1.807) is 0 Å². The van der Waals surface area contributed by atoms with E-state index in [9.17, 15) is 0 Å². The molecular formula is C8H20ClN3. The van der Waals surface area contributed by atoms with E-state index in [4.69, 9.17) is 23.1 Å². The Morgan fingerprint density at radius 2 is 1.50 bits per heavy atom. The third-order valence-corrected chi connectivity index (χ3v) is 2.14. The summed E-state index contributed by atoms with van der Waals surface area (Å²) in [6.45, 7) is 2.13. The van der Waals surface area contributed by atoms with Crippen LogP contribution in [0, 0.1) is 0 Å². The molecule has 0 unspecified atom stereocenters. The molecule has 4 heteroatoms. The summed E-state index contributed by atoms with van der Waals surface area (Å²) in [5.41, 5.74) is 10.9. The molecule has 74 valence electrons. The summed E-state index contributed by atoms with van der Waals surface area (Å²) in [4.78, 5) is 2.03. The maximum atomic E-state index is 5.55. The smallest absolute Gasteiger partial charge is 0.0467 e. The van der Waals surface area contributed by atoms with Gasteiger partial charge >= 0.3 is 0 Å². The van der Waals surface area contributed by atoms with Crippen LogP contribution < -0.4 is 11.5 Å². The molecule has 0 saturated carbocycles. The number of hydrogen-bond acceptors (Lipinski definition) is 3. The first-order valence-corrected chi connectivity index (χ1v) is 5.07. The number of halogens is 1. The van der Waals surface area contributed by atoms with E-state index < -0.39 is 0 Å². The lowest BCUT2D eigenvalue weighted by atomic mass is 10.2. The summed E-state index contributed by atoms with van der Waals surface area (Å²) in [5, 5.41) is 0. The monoisotopic (exact) mass is 193 g/mol. The van der Waals surface area contributed by atoms with Gasteiger partial charge in [0, 0.05) is 25.8 Å². The molecule has 0 aromatic carbocycles. The Kier molecular flexibility index (Phi) is 9.39. The predicted molar refractivity (Wildman–Crippen MR) is 54.0 cm³/mol. The van der Waals surface area contributed by atoms with Gasteiger partial charge in [-0.3, -0.25) is 4.90 Å². The minimum atomic E-state index is 0.562. The number of nitrogens with zero attached hydrogens (tertiary/aromatic N) is 1. The number of alkyl halides is 1. The van der Waals surface area contributed by atoms with Gasteiger partial charge in [-0.05, 0) is 12.8 Å². The maximum absolute atomic E-state index is 5.55. The molecular weight excluding hydrogens is 174 g/mol. The maximum Gasteiger partial charge on any atom is 0.0467 e. The SMILES string of the molecule is NCN(CN)CCCCCCCl. The fraction of sp³-hybridized carbons (Fsp3) is 1.00. The van der Waals surface area contributed by atoms with Crippen LogP contribution in [0.15, 0.2) is 0 Å². The molecule has 4 N–H and O–H groups in total. The summed E-state index contributed by atoms with van der Waals surface area (Å²) >= 11 is 5.55. The molecule has 3 nitrogen and oxygen atoms in total. The van der Waals surface area contributed by atoms with Gasteiger partial charge < -0.3 is 11.5 Å². The quantitative estimate of drug-likeness (QED) is 0.343. The average Bonchev–Trinajstić information content (AvgIpc) is 2.11. The fourth-order valence-corrected chi connectivity index (χ4v) is 1.23. The summed E-state index contributed by atoms with van der Waals surface area (Å²) in [7, 11) is 0. The van der Waals surface area contributed by atoms with Crippen LogP contribution in [0.1, 0.15) is 25.7 Å². The topological polar surface area (TPSA) is 55.3 Å². The van der Waals surface area contributed by atoms with Gasteiger partial charge in [0.25, 0.3) is 0 Å². The van der Waals surface area contributed by atoms with Crippen LogP contribution in [0.25, 0.3) is 0 Å². The van der Waals surface area contributed by atoms with Gasteiger partial charge in [-0.25, -0.2) is 0 Å². The molecule has 0 aromatic heterocycles. The highest BCUT2D eigenvalue weighted by Gasteiger charge is 1.97. The highest BCUT2D eigenvalue weighted by molar-refractivity contribution is 6.17. The highest BCUT2D eigenvalue weighted by Crippen LogP contribution is 2.01. The third kappa shape index (κ3) is 6.85. The third-order valence-electron chi connectivity index (χ3n) is 1.87. The number of rotatable bonds is 8. The van der Waals surface area contributed by atoms with Crippen LogP contribution in [0.3, 0.4) is 0 Å². The van der Waals surface area contributed by atoms with Crippen LogP contribution in [-0.4, -0.2) is 30.7 Å². The molecule has 0 aromatic rings. The van der Waals surface area contributed by atoms with Gasteiger partial charge in [-0.2, -0.15) is 0 Å². The molecule has 0 radical (unpaired) electrons. The van der Waals surface area contributed by atoms with Gasteiger partial charge in [0.2, 0.25) is 0 Å². The van der Waals surface area contributed by atoms with E-state index in [-0.39, 0.29) is 0 Å². The Morgan fingerprint density at radius 3 is 2.00 bits per heavy atom. The second kappa shape index (κ2) is 9.26. The lowest BCUT2D eigenvalue weighted by Gasteiger charge is -2.16. The molecule has 0 amide bonds. The first kappa shape index (κ1) is 12.2. The first-order valence-electron chi connectivity index (χ1n) is 4.53. The molecule has 0 fully saturated rings. The van der Waals surface area contributed by atoms with Gasteiger partial charge in [-0.1, -0.05) is 12.8 Å². The number of nitrogens with two attached hydrogens (primary N) is 2. The Bertz CT molecular complexity index is 86.4. The fourth-order valence-electron chi connectivity index (χ4n) is 1.04. The number of hydrogen-bond donors (Lipinski definition) is 2. The van der Waals surface area contributed by atoms with Gasteiger partial charge in [0.1, 0.15) is 0 Å². The van der Waals surface area contributed by atoms with Gasteiger partial charge in [0.15, 0.2) is 0 Å². The van der Waals surface area contributed by atoms with E-state index in [0.29, 0.717) is 13.3 Å². The Labute approximate surface area is 80.0 Å². The minimum absolute atomic E-state index is 0.562. The summed E-state index contributed by atoms with van der Waals surface area (Å²) in [5.74, 6) is 0.775. The van der Waals surface area contributed by atoms with Crippen LogP contribution in [-0.2, 0) is 0 Å². The van der Waals surface area contributed by atoms with Crippen molar-refractivity contribution in [3.8, 4) is 0 Å². The van der Waals surface area contributed by atoms with E-state index in [2.05, 4.69) is 0 Å². The van der Waals surface area contributed by atoms with Crippen molar-refractivity contribution in [3.05, 3.63) is 0 Å². The van der Waals surface area contributed by atoms with Crippen molar-refractivity contribution in [2.45, 2.75) is 25.7 Å². The van der Waals surface area contributed by atoms with E-state index in [1.165, 1.54) is 19.3 Å². The largest absolute Gasteiger partial charge is 0.318 e. The Morgan fingerprint density at radius 1 is 0.917 bits per heavy atom. The normalized spacial score (nSPS) is 11.0. The van der Waals surface area contributed by atoms with E-state index in [0.717, 1.165) is 18.8 Å². The van der Waals surface area contributed by atoms with Crippen molar-refractivity contribution in [1.82, 2.24) is 4.90 Å². The average molecular weight is 194 g/mol. The molecule has 12 heavy (non-hydrogen) atoms. The van der Waals surface area contributed by atoms with E-state index >= 15 is 0 Å². The Hall–Kier alpha value is 0.170. The first-order chi connectivity index (χ1) is 5.85. The molecule has 0 aliphatic rings. The van der Waals surface area contributed by atoms with Crippen molar-refractivity contribution in [2.24, 2.45) is 11.5 Å². The van der Waals surface area contributed by atoms with Crippen molar-refractivity contribution in [3.63, 3.8) is 0 Å². The van der Waals surface area contributed by atoms with Crippen LogP contribution >= 0.6 is 11.6 Å². The zero-order chi connectivity index (χ0) is 9.23. The molecule has 0 bridgehead atoms. The zero-order valence-electron chi connectivity index (χ0n) is 7.64. The van der Waals surface area contributed by atoms with Crippen LogP contribution in [0.4, 0.5) is 0 Å². The predicted octanol–water partition coefficient (Wildman–Crippen LogP) is 0.920. The van der Waals surface area contributed by atoms with Crippen molar-refractivity contribution >= 4 is 11.6 Å². The molecule has 0 atom stereocenters. The standard InChI is InChI=1S/C8H20ClN3/c9-5-3-1-2-4-6-12(7-10)8-11/h1-8,10-11H2. The molecule has 0 spiro atoms. The molecule has 0 aliphatic heterocycles. The van der Waals surface area contributed by atoms with E-state index in [1.807, 2.05) is 4.90 Å². The van der Waals surface area contributed by atoms with Crippen molar-refractivity contribution in [2.75, 3.05) is 25.8 Å². The lowest BCUT2D eigenvalue weighted by molar-refractivity contribution is 0.282. The Balaban J connectivity index is 3.06. The second-order valence-electron chi connectivity index (χ2n) is 2.86. The van der Waals surface area contributed by atoms with Crippen LogP contribution in [0.2, 0.25) is 0 Å². The molecule has 0 saturated heterocycles. The van der Waals surface area contributed by atoms with Crippen LogP contribution in [0.5, 0.6) is 0 Å². The molecule has 0 aliphatic carbocycles. The summed E-state index contributed by atoms with van der Waals surface area (Å²) in [6.07, 6.45) is 4.73. The van der Waals surface area contributed by atoms with Gasteiger partial charge in [-0.15, -0.1) is 11.6 Å². The number of unbranched alkanes of at least 4 members (excludes halogenated alkanes) is 3. The lowest BCUT2D eigenvalue weighted by Crippen LogP contribution is -2.35.